The number of aryl methyl sites for hydroxylation is 1. The van der Waals surface area contributed by atoms with Crippen LogP contribution in [-0.2, 0) is 19.4 Å². The Kier molecular flexibility index (Phi) is 6.76. The Labute approximate surface area is 163 Å². The molecule has 2 rings (SSSR count). The number of para-hydroxylation sites is 1. The van der Waals surface area contributed by atoms with E-state index in [2.05, 4.69) is 0 Å². The minimum Gasteiger partial charge on any atom is -0.452 e. The van der Waals surface area contributed by atoms with E-state index in [0.29, 0.717) is 18.5 Å². The second kappa shape index (κ2) is 8.68. The van der Waals surface area contributed by atoms with Gasteiger partial charge >= 0.3 is 5.97 Å². The third-order valence-corrected chi connectivity index (χ3v) is 6.25. The first kappa shape index (κ1) is 21.8. The Morgan fingerprint density at radius 1 is 1.36 bits per heavy atom. The molecule has 0 aliphatic carbocycles. The maximum atomic E-state index is 12.6. The summed E-state index contributed by atoms with van der Waals surface area (Å²) in [6.07, 6.45) is 0.345. The van der Waals surface area contributed by atoms with E-state index in [1.165, 1.54) is 30.0 Å². The van der Waals surface area contributed by atoms with Crippen LogP contribution in [0, 0.1) is 23.0 Å². The standard InChI is InChI=1S/C18H24N2O7S/c1-12(2)9-19(14-7-8-28(25,26)11-14)16(21)10-27-18(22)15-6-4-5-13(3)17(15)20(23)24/h4-6,12,14H,7-11H2,1-3H3/t14-/m0/s1. The number of carbonyl (C=O) groups excluding carboxylic acids is 2. The summed E-state index contributed by atoms with van der Waals surface area (Å²) in [5.41, 5.74) is -0.277. The van der Waals surface area contributed by atoms with Crippen molar-refractivity contribution in [3.05, 3.63) is 39.4 Å². The molecule has 1 aromatic rings. The van der Waals surface area contributed by atoms with Crippen LogP contribution in [0.4, 0.5) is 5.69 Å². The van der Waals surface area contributed by atoms with Crippen LogP contribution in [0.15, 0.2) is 18.2 Å². The number of nitrogens with zero attached hydrogens (tertiary/aromatic N) is 2. The fraction of sp³-hybridized carbons (Fsp3) is 0.556. The number of sulfone groups is 1. The molecule has 1 aliphatic heterocycles. The molecule has 1 saturated heterocycles. The van der Waals surface area contributed by atoms with Gasteiger partial charge in [-0.3, -0.25) is 14.9 Å². The smallest absolute Gasteiger partial charge is 0.345 e. The van der Waals surface area contributed by atoms with E-state index in [1.54, 1.807) is 0 Å². The van der Waals surface area contributed by atoms with Gasteiger partial charge < -0.3 is 9.64 Å². The van der Waals surface area contributed by atoms with Crippen molar-refractivity contribution in [2.45, 2.75) is 33.2 Å². The van der Waals surface area contributed by atoms with Crippen molar-refractivity contribution in [2.24, 2.45) is 5.92 Å². The molecule has 154 valence electrons. The summed E-state index contributed by atoms with van der Waals surface area (Å²) < 4.78 is 28.5. The second-order valence-corrected chi connectivity index (χ2v) is 9.53. The van der Waals surface area contributed by atoms with E-state index in [9.17, 15) is 28.1 Å². The molecule has 1 heterocycles. The first-order valence-corrected chi connectivity index (χ1v) is 10.7. The molecule has 10 heteroatoms. The highest BCUT2D eigenvalue weighted by molar-refractivity contribution is 7.91. The molecule has 0 saturated carbocycles. The summed E-state index contributed by atoms with van der Waals surface area (Å²) in [5.74, 6) is -1.47. The Morgan fingerprint density at radius 3 is 2.57 bits per heavy atom. The quantitative estimate of drug-likeness (QED) is 0.379. The average molecular weight is 412 g/mol. The lowest BCUT2D eigenvalue weighted by Gasteiger charge is -2.29. The van der Waals surface area contributed by atoms with Crippen molar-refractivity contribution < 1.29 is 27.7 Å². The molecule has 0 N–H and O–H groups in total. The number of nitro groups is 1. The number of hydrogen-bond donors (Lipinski definition) is 0. The molecule has 1 atom stereocenters. The van der Waals surface area contributed by atoms with Gasteiger partial charge in [0.25, 0.3) is 11.6 Å². The van der Waals surface area contributed by atoms with Crippen LogP contribution in [0.1, 0.15) is 36.2 Å². The SMILES string of the molecule is Cc1cccc(C(=O)OCC(=O)N(CC(C)C)[C@H]2CCS(=O)(=O)C2)c1[N+](=O)[O-]. The normalized spacial score (nSPS) is 18.1. The third-order valence-electron chi connectivity index (χ3n) is 4.50. The minimum absolute atomic E-state index is 0.0226. The van der Waals surface area contributed by atoms with Crippen molar-refractivity contribution in [1.82, 2.24) is 4.90 Å². The van der Waals surface area contributed by atoms with Gasteiger partial charge in [-0.05, 0) is 25.3 Å². The highest BCUT2D eigenvalue weighted by Gasteiger charge is 2.35. The van der Waals surface area contributed by atoms with Crippen LogP contribution < -0.4 is 0 Å². The van der Waals surface area contributed by atoms with Gasteiger partial charge in [0.1, 0.15) is 5.56 Å². The lowest BCUT2D eigenvalue weighted by atomic mass is 10.1. The summed E-state index contributed by atoms with van der Waals surface area (Å²) in [5, 5.41) is 11.2. The number of amides is 1. The first-order valence-electron chi connectivity index (χ1n) is 8.93. The van der Waals surface area contributed by atoms with E-state index < -0.39 is 39.3 Å². The van der Waals surface area contributed by atoms with Gasteiger partial charge in [-0.25, -0.2) is 13.2 Å². The van der Waals surface area contributed by atoms with Crippen LogP contribution >= 0.6 is 0 Å². The number of carbonyl (C=O) groups is 2. The Hall–Kier alpha value is -2.49. The maximum Gasteiger partial charge on any atom is 0.345 e. The lowest BCUT2D eigenvalue weighted by Crippen LogP contribution is -2.45. The summed E-state index contributed by atoms with van der Waals surface area (Å²) in [6, 6.07) is 3.82. The highest BCUT2D eigenvalue weighted by Crippen LogP contribution is 2.24. The minimum atomic E-state index is -3.18. The number of nitro benzene ring substituents is 1. The number of benzene rings is 1. The molecule has 1 fully saturated rings. The molecular weight excluding hydrogens is 388 g/mol. The Balaban J connectivity index is 2.11. The van der Waals surface area contributed by atoms with Gasteiger partial charge in [0, 0.05) is 18.2 Å². The van der Waals surface area contributed by atoms with Crippen LogP contribution in [0.2, 0.25) is 0 Å². The Morgan fingerprint density at radius 2 is 2.04 bits per heavy atom. The fourth-order valence-electron chi connectivity index (χ4n) is 3.22. The molecule has 28 heavy (non-hydrogen) atoms. The lowest BCUT2D eigenvalue weighted by molar-refractivity contribution is -0.385. The maximum absolute atomic E-state index is 12.6. The number of esters is 1. The van der Waals surface area contributed by atoms with E-state index in [1.807, 2.05) is 13.8 Å². The predicted octanol–water partition coefficient (Wildman–Crippen LogP) is 1.73. The van der Waals surface area contributed by atoms with Crippen molar-refractivity contribution in [1.29, 1.82) is 0 Å². The fourth-order valence-corrected chi connectivity index (χ4v) is 4.95. The van der Waals surface area contributed by atoms with E-state index in [0.717, 1.165) is 0 Å². The zero-order valence-electron chi connectivity index (χ0n) is 16.1. The second-order valence-electron chi connectivity index (χ2n) is 7.30. The molecule has 0 radical (unpaired) electrons. The van der Waals surface area contributed by atoms with E-state index >= 15 is 0 Å². The highest BCUT2D eigenvalue weighted by atomic mass is 32.2. The number of hydrogen-bond acceptors (Lipinski definition) is 7. The predicted molar refractivity (Wildman–Crippen MR) is 102 cm³/mol. The molecule has 1 aliphatic rings. The van der Waals surface area contributed by atoms with Crippen molar-refractivity contribution in [3.8, 4) is 0 Å². The molecular formula is C18H24N2O7S. The van der Waals surface area contributed by atoms with Gasteiger partial charge in [0.05, 0.1) is 16.4 Å². The number of rotatable bonds is 7. The average Bonchev–Trinajstić information content (AvgIpc) is 2.96. The van der Waals surface area contributed by atoms with Crippen LogP contribution in [0.3, 0.4) is 0 Å². The zero-order chi connectivity index (χ0) is 21.1. The van der Waals surface area contributed by atoms with Crippen molar-refractivity contribution in [3.63, 3.8) is 0 Å². The molecule has 0 bridgehead atoms. The summed E-state index contributed by atoms with van der Waals surface area (Å²) >= 11 is 0. The molecule has 1 aromatic carbocycles. The largest absolute Gasteiger partial charge is 0.452 e. The van der Waals surface area contributed by atoms with E-state index in [4.69, 9.17) is 4.74 Å². The summed E-state index contributed by atoms with van der Waals surface area (Å²) in [6.45, 7) is 5.02. The molecule has 0 spiro atoms. The molecule has 9 nitrogen and oxygen atoms in total. The van der Waals surface area contributed by atoms with Gasteiger partial charge in [-0.1, -0.05) is 26.0 Å². The Bertz CT molecular complexity index is 880. The molecule has 1 amide bonds. The van der Waals surface area contributed by atoms with Crippen LogP contribution in [0.25, 0.3) is 0 Å². The third kappa shape index (κ3) is 5.28. The van der Waals surface area contributed by atoms with Gasteiger partial charge in [0.15, 0.2) is 16.4 Å². The van der Waals surface area contributed by atoms with Gasteiger partial charge in [-0.2, -0.15) is 0 Å². The van der Waals surface area contributed by atoms with Gasteiger partial charge in [-0.15, -0.1) is 0 Å². The van der Waals surface area contributed by atoms with Crippen molar-refractivity contribution >= 4 is 27.4 Å². The van der Waals surface area contributed by atoms with Gasteiger partial charge in [0.2, 0.25) is 0 Å². The number of ether oxygens (including phenoxy) is 1. The molecule has 0 unspecified atom stereocenters. The first-order chi connectivity index (χ1) is 13.0. The summed E-state index contributed by atoms with van der Waals surface area (Å²) in [7, 11) is -3.18. The van der Waals surface area contributed by atoms with Crippen LogP contribution in [0.5, 0.6) is 0 Å². The van der Waals surface area contributed by atoms with Crippen molar-refractivity contribution in [2.75, 3.05) is 24.7 Å². The topological polar surface area (TPSA) is 124 Å². The van der Waals surface area contributed by atoms with E-state index in [-0.39, 0.29) is 28.7 Å². The summed E-state index contributed by atoms with van der Waals surface area (Å²) in [4.78, 5) is 36.9. The van der Waals surface area contributed by atoms with Crippen LogP contribution in [-0.4, -0.2) is 60.8 Å². The zero-order valence-corrected chi connectivity index (χ0v) is 16.9. The monoisotopic (exact) mass is 412 g/mol. The molecule has 0 aromatic heterocycles.